The van der Waals surface area contributed by atoms with Gasteiger partial charge in [0, 0.05) is 41.3 Å². The molecule has 2 N–H and O–H groups in total. The minimum atomic E-state index is -0.123. The highest BCUT2D eigenvalue weighted by atomic mass is 16.1. The molecule has 3 heterocycles. The number of rotatable bonds is 6. The summed E-state index contributed by atoms with van der Waals surface area (Å²) in [5.74, 6) is 1.27. The van der Waals surface area contributed by atoms with Crippen LogP contribution in [0.5, 0.6) is 0 Å². The molecule has 146 valence electrons. The van der Waals surface area contributed by atoms with Crippen molar-refractivity contribution in [1.82, 2.24) is 24.7 Å². The maximum atomic E-state index is 11.9. The van der Waals surface area contributed by atoms with Crippen LogP contribution >= 0.6 is 0 Å². The molecular formula is C22H22N6O. The monoisotopic (exact) mass is 386 g/mol. The highest BCUT2D eigenvalue weighted by Crippen LogP contribution is 2.16. The fourth-order valence-corrected chi connectivity index (χ4v) is 2.97. The molecule has 0 unspecified atom stereocenters. The number of benzene rings is 1. The van der Waals surface area contributed by atoms with E-state index in [0.717, 1.165) is 29.2 Å². The number of hydrogen-bond acceptors (Lipinski definition) is 5. The molecule has 29 heavy (non-hydrogen) atoms. The predicted molar refractivity (Wildman–Crippen MR) is 113 cm³/mol. The summed E-state index contributed by atoms with van der Waals surface area (Å²) >= 11 is 0. The van der Waals surface area contributed by atoms with Crippen LogP contribution in [0.2, 0.25) is 0 Å². The summed E-state index contributed by atoms with van der Waals surface area (Å²) in [5.41, 5.74) is 4.29. The zero-order valence-electron chi connectivity index (χ0n) is 16.4. The first-order valence-electron chi connectivity index (χ1n) is 9.41. The van der Waals surface area contributed by atoms with Crippen LogP contribution in [0.1, 0.15) is 22.4 Å². The number of nitrogens with zero attached hydrogens (tertiary/aromatic N) is 4. The van der Waals surface area contributed by atoms with Crippen molar-refractivity contribution in [2.24, 2.45) is 0 Å². The maximum Gasteiger partial charge on any atom is 0.254 e. The van der Waals surface area contributed by atoms with Crippen molar-refractivity contribution in [2.45, 2.75) is 26.9 Å². The molecule has 4 rings (SSSR count). The van der Waals surface area contributed by atoms with Crippen molar-refractivity contribution in [2.75, 3.05) is 5.32 Å². The molecule has 0 atom stereocenters. The molecule has 0 saturated carbocycles. The Morgan fingerprint density at radius 1 is 1.03 bits per heavy atom. The Labute approximate surface area is 168 Å². The summed E-state index contributed by atoms with van der Waals surface area (Å²) in [6.45, 7) is 4.96. The van der Waals surface area contributed by atoms with Crippen LogP contribution in [0.3, 0.4) is 0 Å². The van der Waals surface area contributed by atoms with Gasteiger partial charge in [-0.05, 0) is 31.5 Å². The van der Waals surface area contributed by atoms with Gasteiger partial charge in [-0.1, -0.05) is 30.3 Å². The average molecular weight is 386 g/mol. The lowest BCUT2D eigenvalue weighted by atomic mass is 10.2. The average Bonchev–Trinajstić information content (AvgIpc) is 3.18. The Bertz CT molecular complexity index is 1160. The van der Waals surface area contributed by atoms with Crippen molar-refractivity contribution in [3.63, 3.8) is 0 Å². The number of aromatic amines is 1. The lowest BCUT2D eigenvalue weighted by Crippen LogP contribution is -2.14. The summed E-state index contributed by atoms with van der Waals surface area (Å²) in [5, 5.41) is 7.71. The molecule has 0 aliphatic rings. The number of nitrogens with one attached hydrogen (secondary N) is 2. The second-order valence-corrected chi connectivity index (χ2v) is 6.94. The van der Waals surface area contributed by atoms with Gasteiger partial charge in [-0.15, -0.1) is 0 Å². The second kappa shape index (κ2) is 8.10. The van der Waals surface area contributed by atoms with Crippen LogP contribution in [0.25, 0.3) is 11.4 Å². The Balaban J connectivity index is 1.39. The number of H-pyrrole nitrogens is 1. The topological polar surface area (TPSA) is 88.5 Å². The summed E-state index contributed by atoms with van der Waals surface area (Å²) in [6.07, 6.45) is 5.58. The van der Waals surface area contributed by atoms with E-state index in [1.54, 1.807) is 13.1 Å². The van der Waals surface area contributed by atoms with E-state index in [4.69, 9.17) is 0 Å². The van der Waals surface area contributed by atoms with Crippen LogP contribution in [-0.4, -0.2) is 24.7 Å². The van der Waals surface area contributed by atoms with Gasteiger partial charge in [0.25, 0.3) is 5.56 Å². The largest absolute Gasteiger partial charge is 0.366 e. The van der Waals surface area contributed by atoms with Crippen molar-refractivity contribution < 1.29 is 0 Å². The lowest BCUT2D eigenvalue weighted by Gasteiger charge is -2.07. The molecule has 0 spiro atoms. The molecule has 3 aromatic heterocycles. The van der Waals surface area contributed by atoms with Gasteiger partial charge in [0.15, 0.2) is 0 Å². The molecule has 0 amide bonds. The molecule has 0 radical (unpaired) electrons. The minimum Gasteiger partial charge on any atom is -0.366 e. The van der Waals surface area contributed by atoms with Gasteiger partial charge in [-0.25, -0.2) is 9.97 Å². The molecule has 0 aliphatic carbocycles. The summed E-state index contributed by atoms with van der Waals surface area (Å²) in [6, 6.07) is 14.0. The van der Waals surface area contributed by atoms with Crippen LogP contribution in [0.4, 0.5) is 5.82 Å². The first-order chi connectivity index (χ1) is 14.1. The van der Waals surface area contributed by atoms with Gasteiger partial charge in [0.2, 0.25) is 0 Å². The summed E-state index contributed by atoms with van der Waals surface area (Å²) in [7, 11) is 0. The molecular weight excluding hydrogens is 364 g/mol. The molecule has 1 aromatic carbocycles. The smallest absolute Gasteiger partial charge is 0.254 e. The number of pyridine rings is 1. The number of anilines is 1. The van der Waals surface area contributed by atoms with E-state index in [1.165, 1.54) is 5.56 Å². The molecule has 0 bridgehead atoms. The van der Waals surface area contributed by atoms with Gasteiger partial charge >= 0.3 is 0 Å². The molecule has 7 heteroatoms. The number of aryl methyl sites for hydroxylation is 1. The fraction of sp³-hybridized carbons (Fsp3) is 0.182. The standard InChI is InChI=1S/C22H22N6O/c1-15-16(2)26-21(27-22(15)29)19-8-9-20(24-12-19)23-10-18-11-25-28(14-18)13-17-6-4-3-5-7-17/h3-9,11-12,14H,10,13H2,1-2H3,(H,23,24)(H,26,27,29). The SMILES string of the molecule is Cc1nc(-c2ccc(NCc3cnn(Cc4ccccc4)c3)nc2)[nH]c(=O)c1C. The van der Waals surface area contributed by atoms with Crippen molar-refractivity contribution in [1.29, 1.82) is 0 Å². The van der Waals surface area contributed by atoms with E-state index in [-0.39, 0.29) is 5.56 Å². The van der Waals surface area contributed by atoms with Gasteiger partial charge < -0.3 is 10.3 Å². The fourth-order valence-electron chi connectivity index (χ4n) is 2.97. The van der Waals surface area contributed by atoms with E-state index >= 15 is 0 Å². The predicted octanol–water partition coefficient (Wildman–Crippen LogP) is 3.31. The van der Waals surface area contributed by atoms with Crippen LogP contribution in [0.15, 0.2) is 65.8 Å². The minimum absolute atomic E-state index is 0.123. The lowest BCUT2D eigenvalue weighted by molar-refractivity contribution is 0.686. The molecule has 0 aliphatic heterocycles. The number of aromatic nitrogens is 5. The van der Waals surface area contributed by atoms with Gasteiger partial charge in [-0.2, -0.15) is 5.10 Å². The highest BCUT2D eigenvalue weighted by molar-refractivity contribution is 5.56. The first-order valence-corrected chi connectivity index (χ1v) is 9.41. The Hall–Kier alpha value is -3.74. The van der Waals surface area contributed by atoms with E-state index in [9.17, 15) is 4.79 Å². The van der Waals surface area contributed by atoms with E-state index in [2.05, 4.69) is 37.5 Å². The quantitative estimate of drug-likeness (QED) is 0.531. The van der Waals surface area contributed by atoms with Gasteiger partial charge in [0.1, 0.15) is 11.6 Å². The van der Waals surface area contributed by atoms with E-state index in [1.807, 2.05) is 54.3 Å². The normalized spacial score (nSPS) is 10.8. The van der Waals surface area contributed by atoms with Crippen LogP contribution in [-0.2, 0) is 13.1 Å². The summed E-state index contributed by atoms with van der Waals surface area (Å²) < 4.78 is 1.92. The molecule has 0 fully saturated rings. The Morgan fingerprint density at radius 2 is 1.86 bits per heavy atom. The van der Waals surface area contributed by atoms with Crippen molar-refractivity contribution >= 4 is 5.82 Å². The summed E-state index contributed by atoms with van der Waals surface area (Å²) in [4.78, 5) is 23.6. The Kier molecular flexibility index (Phi) is 5.20. The van der Waals surface area contributed by atoms with Crippen LogP contribution in [0, 0.1) is 13.8 Å². The van der Waals surface area contributed by atoms with Gasteiger partial charge in [0.05, 0.1) is 12.7 Å². The van der Waals surface area contributed by atoms with Crippen molar-refractivity contribution in [3.05, 3.63) is 93.8 Å². The maximum absolute atomic E-state index is 11.9. The van der Waals surface area contributed by atoms with Gasteiger partial charge in [-0.3, -0.25) is 9.48 Å². The second-order valence-electron chi connectivity index (χ2n) is 6.94. The zero-order chi connectivity index (χ0) is 20.2. The number of hydrogen-bond donors (Lipinski definition) is 2. The first kappa shape index (κ1) is 18.6. The van der Waals surface area contributed by atoms with E-state index in [0.29, 0.717) is 17.9 Å². The third-order valence-corrected chi connectivity index (χ3v) is 4.78. The molecule has 4 aromatic rings. The van der Waals surface area contributed by atoms with E-state index < -0.39 is 0 Å². The third kappa shape index (κ3) is 4.40. The molecule has 0 saturated heterocycles. The third-order valence-electron chi connectivity index (χ3n) is 4.78. The molecule has 7 nitrogen and oxygen atoms in total. The van der Waals surface area contributed by atoms with Crippen LogP contribution < -0.4 is 10.9 Å². The van der Waals surface area contributed by atoms with Crippen molar-refractivity contribution in [3.8, 4) is 11.4 Å². The highest BCUT2D eigenvalue weighted by Gasteiger charge is 2.07. The zero-order valence-corrected chi connectivity index (χ0v) is 16.4. The Morgan fingerprint density at radius 3 is 2.59 bits per heavy atom.